The first-order chi connectivity index (χ1) is 22.7. The van der Waals surface area contributed by atoms with Gasteiger partial charge in [-0.25, -0.2) is 4.39 Å². The first kappa shape index (κ1) is 34.0. The Bertz CT molecular complexity index is 1510. The largest absolute Gasteiger partial charge is 0.481 e. The molecule has 2 aliphatic heterocycles. The van der Waals surface area contributed by atoms with Crippen molar-refractivity contribution < 1.29 is 33.4 Å². The monoisotopic (exact) mass is 687 g/mol. The van der Waals surface area contributed by atoms with E-state index in [2.05, 4.69) is 10.2 Å². The molecule has 0 unspecified atom stereocenters. The Hall–Kier alpha value is -2.83. The molecule has 2 N–H and O–H groups in total. The zero-order valence-electron chi connectivity index (χ0n) is 26.7. The fourth-order valence-corrected chi connectivity index (χ4v) is 8.72. The molecular formula is C35H43ClFN3O6S. The van der Waals surface area contributed by atoms with Crippen LogP contribution < -0.4 is 5.32 Å². The number of aryl methyl sites for hydroxylation is 1. The lowest BCUT2D eigenvalue weighted by molar-refractivity contribution is -0.144. The highest BCUT2D eigenvalue weighted by atomic mass is 35.5. The number of carbonyl (C=O) groups is 3. The summed E-state index contributed by atoms with van der Waals surface area (Å²) in [7, 11) is 0. The average molecular weight is 688 g/mol. The van der Waals surface area contributed by atoms with E-state index in [-0.39, 0.29) is 64.7 Å². The van der Waals surface area contributed by atoms with Gasteiger partial charge in [0.25, 0.3) is 5.91 Å². The standard InChI is InChI=1S/C35H43ClFN3O6S/c1-2-45-26-11-12-39(18-26)23-15-24(19-46-25-9-7-21(8-10-25)35(43)44)40(17-23)33(41)14-22-13-29(36)31(16-30(22)37)38-34(42)28-20-47-32-6-4-3-5-27(28)32/h3,5,13,16,20-21,23-26H,2,4,6-12,14-15,17-19H2,1H3,(H,38,42)(H,43,44)/t21?,23-,24-,25?,26+/m0/s1. The van der Waals surface area contributed by atoms with E-state index in [1.807, 2.05) is 29.4 Å². The van der Waals surface area contributed by atoms with Gasteiger partial charge >= 0.3 is 5.97 Å². The minimum Gasteiger partial charge on any atom is -0.481 e. The third-order valence-corrected chi connectivity index (χ3v) is 11.4. The van der Waals surface area contributed by atoms with Gasteiger partial charge in [-0.15, -0.1) is 11.3 Å². The summed E-state index contributed by atoms with van der Waals surface area (Å²) in [5.41, 5.74) is 1.76. The zero-order valence-corrected chi connectivity index (χ0v) is 28.3. The molecule has 0 spiro atoms. The number of fused-ring (bicyclic) bond motifs is 1. The number of carboxylic acid groups (broad SMARTS) is 1. The lowest BCUT2D eigenvalue weighted by Crippen LogP contribution is -2.41. The highest BCUT2D eigenvalue weighted by Gasteiger charge is 2.41. The lowest BCUT2D eigenvalue weighted by Gasteiger charge is -2.30. The number of carboxylic acids is 1. The van der Waals surface area contributed by atoms with Crippen LogP contribution in [0.1, 0.15) is 78.2 Å². The predicted octanol–water partition coefficient (Wildman–Crippen LogP) is 6.04. The van der Waals surface area contributed by atoms with E-state index in [9.17, 15) is 19.5 Å². The molecule has 6 rings (SSSR count). The maximum Gasteiger partial charge on any atom is 0.306 e. The van der Waals surface area contributed by atoms with E-state index in [1.165, 1.54) is 12.1 Å². The Balaban J connectivity index is 1.12. The lowest BCUT2D eigenvalue weighted by atomic mass is 9.87. The molecule has 4 aliphatic rings. The van der Waals surface area contributed by atoms with Crippen molar-refractivity contribution in [2.75, 3.05) is 38.2 Å². The predicted molar refractivity (Wildman–Crippen MR) is 180 cm³/mol. The van der Waals surface area contributed by atoms with Gasteiger partial charge in [0.2, 0.25) is 5.91 Å². The van der Waals surface area contributed by atoms with Crippen LogP contribution in [0.3, 0.4) is 0 Å². The molecule has 2 saturated heterocycles. The number of rotatable bonds is 11. The topological polar surface area (TPSA) is 108 Å². The normalized spacial score (nSPS) is 26.0. The molecule has 9 nitrogen and oxygen atoms in total. The van der Waals surface area contributed by atoms with Crippen LogP contribution in [0.25, 0.3) is 6.08 Å². The Labute approximate surface area is 284 Å². The highest BCUT2D eigenvalue weighted by molar-refractivity contribution is 7.10. The van der Waals surface area contributed by atoms with Crippen LogP contribution >= 0.6 is 22.9 Å². The second-order valence-electron chi connectivity index (χ2n) is 13.1. The van der Waals surface area contributed by atoms with E-state index >= 15 is 4.39 Å². The average Bonchev–Trinajstić information content (AvgIpc) is 3.81. The number of aliphatic carboxylic acids is 1. The number of hydrogen-bond acceptors (Lipinski definition) is 7. The van der Waals surface area contributed by atoms with Gasteiger partial charge in [-0.05, 0) is 76.0 Å². The van der Waals surface area contributed by atoms with Crippen LogP contribution in [0, 0.1) is 11.7 Å². The molecule has 2 amide bonds. The number of nitrogens with zero attached hydrogens (tertiary/aromatic N) is 2. The Kier molecular flexibility index (Phi) is 11.0. The number of amides is 2. The minimum atomic E-state index is -0.754. The van der Waals surface area contributed by atoms with Crippen LogP contribution in [-0.2, 0) is 31.9 Å². The van der Waals surface area contributed by atoms with E-state index < -0.39 is 11.8 Å². The zero-order chi connectivity index (χ0) is 33.1. The SMILES string of the molecule is CCO[C@@H]1CCN([C@H]2C[C@@H](COC3CCC(C(=O)O)CC3)N(C(=O)Cc3cc(Cl)c(NC(=O)c4csc5c4C=CCC5)cc3F)C2)C1. The molecule has 47 heavy (non-hydrogen) atoms. The van der Waals surface area contributed by atoms with Crippen molar-refractivity contribution in [2.45, 2.75) is 89.0 Å². The van der Waals surface area contributed by atoms with Gasteiger partial charge in [0.1, 0.15) is 5.82 Å². The van der Waals surface area contributed by atoms with Gasteiger partial charge in [-0.1, -0.05) is 23.8 Å². The van der Waals surface area contributed by atoms with Gasteiger partial charge in [-0.2, -0.15) is 0 Å². The number of anilines is 1. The smallest absolute Gasteiger partial charge is 0.306 e. The third-order valence-electron chi connectivity index (χ3n) is 10.1. The highest BCUT2D eigenvalue weighted by Crippen LogP contribution is 2.33. The van der Waals surface area contributed by atoms with Gasteiger partial charge in [0.05, 0.1) is 53.5 Å². The molecule has 254 valence electrons. The van der Waals surface area contributed by atoms with Gasteiger partial charge in [0.15, 0.2) is 0 Å². The second-order valence-corrected chi connectivity index (χ2v) is 14.4. The van der Waals surface area contributed by atoms with Crippen molar-refractivity contribution in [3.8, 4) is 0 Å². The molecule has 1 saturated carbocycles. The summed E-state index contributed by atoms with van der Waals surface area (Å²) in [5, 5.41) is 14.1. The number of carbonyl (C=O) groups excluding carboxylic acids is 2. The van der Waals surface area contributed by atoms with E-state index in [0.29, 0.717) is 51.0 Å². The van der Waals surface area contributed by atoms with Crippen molar-refractivity contribution >= 4 is 52.5 Å². The number of thiophene rings is 1. The van der Waals surface area contributed by atoms with Gasteiger partial charge in [-0.3, -0.25) is 19.3 Å². The van der Waals surface area contributed by atoms with Crippen molar-refractivity contribution in [3.63, 3.8) is 0 Å². The van der Waals surface area contributed by atoms with Crippen LogP contribution in [0.15, 0.2) is 23.6 Å². The molecule has 3 atom stereocenters. The van der Waals surface area contributed by atoms with Gasteiger partial charge < -0.3 is 24.8 Å². The number of allylic oxidation sites excluding steroid dienone is 1. The molecule has 0 radical (unpaired) electrons. The minimum absolute atomic E-state index is 0.0367. The number of halogens is 2. The van der Waals surface area contributed by atoms with Crippen LogP contribution in [0.5, 0.6) is 0 Å². The van der Waals surface area contributed by atoms with Crippen LogP contribution in [-0.4, -0.2) is 89.8 Å². The summed E-state index contributed by atoms with van der Waals surface area (Å²) in [6, 6.07) is 2.58. The Morgan fingerprint density at radius 2 is 1.91 bits per heavy atom. The summed E-state index contributed by atoms with van der Waals surface area (Å²) in [6.07, 6.45) is 10.0. The number of ether oxygens (including phenoxy) is 2. The van der Waals surface area contributed by atoms with E-state index in [4.69, 9.17) is 21.1 Å². The Morgan fingerprint density at radius 3 is 2.68 bits per heavy atom. The maximum absolute atomic E-state index is 15.5. The molecule has 1 aromatic heterocycles. The quantitative estimate of drug-likeness (QED) is 0.297. The molecule has 1 aromatic carbocycles. The molecule has 12 heteroatoms. The van der Waals surface area contributed by atoms with Crippen LogP contribution in [0.4, 0.5) is 10.1 Å². The number of likely N-dealkylation sites (tertiary alicyclic amines) is 2. The number of hydrogen-bond donors (Lipinski definition) is 2. The molecule has 2 aromatic rings. The molecule has 0 bridgehead atoms. The van der Waals surface area contributed by atoms with Gasteiger partial charge in [0, 0.05) is 48.1 Å². The summed E-state index contributed by atoms with van der Waals surface area (Å²) >= 11 is 8.08. The molecule has 2 aliphatic carbocycles. The first-order valence-electron chi connectivity index (χ1n) is 16.8. The summed E-state index contributed by atoms with van der Waals surface area (Å²) in [5.74, 6) is -2.24. The van der Waals surface area contributed by atoms with E-state index in [0.717, 1.165) is 49.2 Å². The number of nitrogens with one attached hydrogen (secondary N) is 1. The van der Waals surface area contributed by atoms with Crippen molar-refractivity contribution in [2.24, 2.45) is 5.92 Å². The molecule has 3 heterocycles. The maximum atomic E-state index is 15.5. The van der Waals surface area contributed by atoms with Crippen molar-refractivity contribution in [1.29, 1.82) is 0 Å². The second kappa shape index (κ2) is 15.2. The summed E-state index contributed by atoms with van der Waals surface area (Å²) in [6.45, 7) is 5.23. The number of benzene rings is 1. The van der Waals surface area contributed by atoms with E-state index in [1.54, 1.807) is 11.3 Å². The Morgan fingerprint density at radius 1 is 1.11 bits per heavy atom. The fourth-order valence-electron chi connectivity index (χ4n) is 7.45. The third kappa shape index (κ3) is 7.91. The fraction of sp³-hybridized carbons (Fsp3) is 0.571. The summed E-state index contributed by atoms with van der Waals surface area (Å²) < 4.78 is 27.6. The van der Waals surface area contributed by atoms with Crippen molar-refractivity contribution in [1.82, 2.24) is 9.80 Å². The molecule has 3 fully saturated rings. The van der Waals surface area contributed by atoms with Crippen molar-refractivity contribution in [3.05, 3.63) is 56.0 Å². The molecular weight excluding hydrogens is 645 g/mol. The summed E-state index contributed by atoms with van der Waals surface area (Å²) in [4.78, 5) is 43.6. The first-order valence-corrected chi connectivity index (χ1v) is 18.0. The van der Waals surface area contributed by atoms with Crippen LogP contribution in [0.2, 0.25) is 5.02 Å².